The molecular formula is C26H24Cl2N2O2. The minimum absolute atomic E-state index is 0.713. The van der Waals surface area contributed by atoms with Gasteiger partial charge in [0.2, 0.25) is 0 Å². The molecule has 0 fully saturated rings. The predicted octanol–water partition coefficient (Wildman–Crippen LogP) is 7.20. The van der Waals surface area contributed by atoms with E-state index in [0.29, 0.717) is 15.7 Å². The Kier molecular flexibility index (Phi) is 7.87. The maximum atomic E-state index is 5.93. The van der Waals surface area contributed by atoms with Crippen LogP contribution in [0.5, 0.6) is 11.5 Å². The Labute approximate surface area is 198 Å². The van der Waals surface area contributed by atoms with Crippen molar-refractivity contribution in [3.63, 3.8) is 0 Å². The molecule has 0 radical (unpaired) electrons. The Bertz CT molecular complexity index is 1180. The van der Waals surface area contributed by atoms with E-state index >= 15 is 0 Å². The standard InChI is InChI=1S/2C13H12ClNO/c1-16-11-6-7-13(15)12(8-11)9-2-4-10(14)5-3-9;1-16-13-7-6-11(15)8-12(13)9-2-4-10(14)5-3-9/h2*2-8H,15H2,1H3. The number of ether oxygens (including phenoxy) is 2. The van der Waals surface area contributed by atoms with Gasteiger partial charge in [-0.2, -0.15) is 0 Å². The van der Waals surface area contributed by atoms with Crippen LogP contribution in [0.1, 0.15) is 0 Å². The van der Waals surface area contributed by atoms with Crippen LogP contribution in [0.2, 0.25) is 10.0 Å². The molecule has 0 aliphatic heterocycles. The number of nitrogens with two attached hydrogens (primary N) is 2. The van der Waals surface area contributed by atoms with E-state index in [9.17, 15) is 0 Å². The van der Waals surface area contributed by atoms with E-state index in [2.05, 4.69) is 0 Å². The van der Waals surface area contributed by atoms with Crippen LogP contribution in [0.25, 0.3) is 22.3 Å². The van der Waals surface area contributed by atoms with E-state index in [1.807, 2.05) is 84.9 Å². The number of hydrogen-bond donors (Lipinski definition) is 2. The Morgan fingerprint density at radius 1 is 0.594 bits per heavy atom. The van der Waals surface area contributed by atoms with E-state index in [-0.39, 0.29) is 0 Å². The second kappa shape index (κ2) is 10.8. The summed E-state index contributed by atoms with van der Waals surface area (Å²) in [6.07, 6.45) is 0. The summed E-state index contributed by atoms with van der Waals surface area (Å²) in [7, 11) is 3.28. The predicted molar refractivity (Wildman–Crippen MR) is 136 cm³/mol. The molecule has 4 nitrogen and oxygen atoms in total. The van der Waals surface area contributed by atoms with E-state index < -0.39 is 0 Å². The molecule has 0 aromatic heterocycles. The van der Waals surface area contributed by atoms with Gasteiger partial charge in [0, 0.05) is 32.5 Å². The average Bonchev–Trinajstić information content (AvgIpc) is 2.81. The summed E-state index contributed by atoms with van der Waals surface area (Å²) in [6, 6.07) is 26.3. The minimum Gasteiger partial charge on any atom is -0.497 e. The normalized spacial score (nSPS) is 10.1. The van der Waals surface area contributed by atoms with Gasteiger partial charge in [0.05, 0.1) is 14.2 Å². The Balaban J connectivity index is 0.000000181. The molecular weight excluding hydrogens is 443 g/mol. The van der Waals surface area contributed by atoms with Gasteiger partial charge in [-0.1, -0.05) is 47.5 Å². The largest absolute Gasteiger partial charge is 0.497 e. The molecule has 4 aromatic carbocycles. The smallest absolute Gasteiger partial charge is 0.126 e. The Hall–Kier alpha value is -3.34. The third kappa shape index (κ3) is 5.88. The third-order valence-electron chi connectivity index (χ3n) is 4.79. The van der Waals surface area contributed by atoms with Crippen molar-refractivity contribution >= 4 is 34.6 Å². The first-order valence-corrected chi connectivity index (χ1v) is 10.6. The van der Waals surface area contributed by atoms with Crippen LogP contribution in [-0.2, 0) is 0 Å². The number of halogens is 2. The van der Waals surface area contributed by atoms with Crippen molar-refractivity contribution in [2.24, 2.45) is 0 Å². The lowest BCUT2D eigenvalue weighted by Gasteiger charge is -2.09. The van der Waals surface area contributed by atoms with Crippen molar-refractivity contribution in [2.75, 3.05) is 25.7 Å². The molecule has 6 heteroatoms. The summed E-state index contributed by atoms with van der Waals surface area (Å²) < 4.78 is 10.5. The molecule has 0 spiro atoms. The Morgan fingerprint density at radius 3 is 1.69 bits per heavy atom. The van der Waals surface area contributed by atoms with Crippen molar-refractivity contribution in [1.29, 1.82) is 0 Å². The highest BCUT2D eigenvalue weighted by Crippen LogP contribution is 2.32. The summed E-state index contributed by atoms with van der Waals surface area (Å²) in [5, 5.41) is 1.43. The molecule has 4 aromatic rings. The first kappa shape index (κ1) is 23.3. The zero-order chi connectivity index (χ0) is 23.1. The number of nitrogen functional groups attached to an aromatic ring is 2. The van der Waals surface area contributed by atoms with Crippen molar-refractivity contribution in [3.8, 4) is 33.8 Å². The summed E-state index contributed by atoms with van der Waals surface area (Å²) in [5.41, 5.74) is 17.1. The first-order valence-electron chi connectivity index (χ1n) is 9.80. The first-order chi connectivity index (χ1) is 15.4. The average molecular weight is 467 g/mol. The summed E-state index contributed by atoms with van der Waals surface area (Å²) >= 11 is 11.7. The van der Waals surface area contributed by atoms with Crippen molar-refractivity contribution < 1.29 is 9.47 Å². The van der Waals surface area contributed by atoms with Crippen LogP contribution in [0.4, 0.5) is 11.4 Å². The topological polar surface area (TPSA) is 70.5 Å². The summed E-state index contributed by atoms with van der Waals surface area (Å²) in [6.45, 7) is 0. The maximum Gasteiger partial charge on any atom is 0.126 e. The number of benzene rings is 4. The van der Waals surface area contributed by atoms with Gasteiger partial charge in [-0.05, 0) is 71.8 Å². The van der Waals surface area contributed by atoms with Gasteiger partial charge in [0.15, 0.2) is 0 Å². The van der Waals surface area contributed by atoms with Crippen LogP contribution < -0.4 is 20.9 Å². The van der Waals surface area contributed by atoms with E-state index in [0.717, 1.165) is 39.4 Å². The number of anilines is 2. The van der Waals surface area contributed by atoms with Gasteiger partial charge in [-0.25, -0.2) is 0 Å². The SMILES string of the molecule is COc1ccc(N)c(-c2ccc(Cl)cc2)c1.COc1ccc(N)cc1-c1ccc(Cl)cc1. The molecule has 4 rings (SSSR count). The highest BCUT2D eigenvalue weighted by molar-refractivity contribution is 6.30. The minimum atomic E-state index is 0.713. The highest BCUT2D eigenvalue weighted by atomic mass is 35.5. The summed E-state index contributed by atoms with van der Waals surface area (Å²) in [5.74, 6) is 1.59. The molecule has 0 aliphatic rings. The monoisotopic (exact) mass is 466 g/mol. The molecule has 0 saturated carbocycles. The van der Waals surface area contributed by atoms with E-state index in [1.54, 1.807) is 14.2 Å². The van der Waals surface area contributed by atoms with Gasteiger partial charge in [0.1, 0.15) is 11.5 Å². The van der Waals surface area contributed by atoms with Crippen molar-refractivity contribution in [2.45, 2.75) is 0 Å². The fourth-order valence-electron chi connectivity index (χ4n) is 3.12. The number of hydrogen-bond acceptors (Lipinski definition) is 4. The molecule has 0 aliphatic carbocycles. The fourth-order valence-corrected chi connectivity index (χ4v) is 3.37. The second-order valence-electron chi connectivity index (χ2n) is 6.93. The molecule has 164 valence electrons. The summed E-state index contributed by atoms with van der Waals surface area (Å²) in [4.78, 5) is 0. The van der Waals surface area contributed by atoms with Crippen LogP contribution in [0.15, 0.2) is 84.9 Å². The third-order valence-corrected chi connectivity index (χ3v) is 5.30. The van der Waals surface area contributed by atoms with Crippen LogP contribution in [-0.4, -0.2) is 14.2 Å². The van der Waals surface area contributed by atoms with Crippen molar-refractivity contribution in [1.82, 2.24) is 0 Å². The zero-order valence-electron chi connectivity index (χ0n) is 17.8. The zero-order valence-corrected chi connectivity index (χ0v) is 19.3. The second-order valence-corrected chi connectivity index (χ2v) is 7.80. The molecule has 0 atom stereocenters. The molecule has 0 unspecified atom stereocenters. The molecule has 0 bridgehead atoms. The molecule has 4 N–H and O–H groups in total. The van der Waals surface area contributed by atoms with Gasteiger partial charge in [0.25, 0.3) is 0 Å². The lowest BCUT2D eigenvalue weighted by Crippen LogP contribution is -1.91. The van der Waals surface area contributed by atoms with Crippen LogP contribution in [0.3, 0.4) is 0 Å². The van der Waals surface area contributed by atoms with Crippen LogP contribution >= 0.6 is 23.2 Å². The number of rotatable bonds is 4. The van der Waals surface area contributed by atoms with E-state index in [1.165, 1.54) is 0 Å². The molecule has 0 amide bonds. The highest BCUT2D eigenvalue weighted by Gasteiger charge is 2.06. The van der Waals surface area contributed by atoms with E-state index in [4.69, 9.17) is 44.1 Å². The maximum absolute atomic E-state index is 5.93. The lowest BCUT2D eigenvalue weighted by molar-refractivity contribution is 0.415. The Morgan fingerprint density at radius 2 is 1.16 bits per heavy atom. The molecule has 0 saturated heterocycles. The van der Waals surface area contributed by atoms with Crippen molar-refractivity contribution in [3.05, 3.63) is 95.0 Å². The molecule has 32 heavy (non-hydrogen) atoms. The van der Waals surface area contributed by atoms with Gasteiger partial charge in [-0.15, -0.1) is 0 Å². The van der Waals surface area contributed by atoms with Gasteiger partial charge >= 0.3 is 0 Å². The fraction of sp³-hybridized carbons (Fsp3) is 0.0769. The molecule has 0 heterocycles. The van der Waals surface area contributed by atoms with Gasteiger partial charge in [-0.3, -0.25) is 0 Å². The number of methoxy groups -OCH3 is 2. The quantitative estimate of drug-likeness (QED) is 0.312. The lowest BCUT2D eigenvalue weighted by atomic mass is 10.0. The van der Waals surface area contributed by atoms with Gasteiger partial charge < -0.3 is 20.9 Å². The van der Waals surface area contributed by atoms with Crippen LogP contribution in [0, 0.1) is 0 Å².